The summed E-state index contributed by atoms with van der Waals surface area (Å²) in [7, 11) is 0. The van der Waals surface area contributed by atoms with Crippen molar-refractivity contribution in [3.63, 3.8) is 0 Å². The van der Waals surface area contributed by atoms with Crippen LogP contribution in [0.15, 0.2) is 42.6 Å². The zero-order valence-electron chi connectivity index (χ0n) is 25.8. The standard InChI is InChI=1S/C31H44N6O4/c1-20(2)23-16-32-37-26(36(29(39)41-31(7,8)9)18-22-13-11-10-12-14-22)15-25(34-27(23)37)33-24-19-35(17-21(24)3)28(38)40-30(4,5)6/h10-16,20-21,24H,17-19H2,1-9H3,(H,33,34)/t21-,24+/m1/s1. The minimum atomic E-state index is -0.684. The Kier molecular flexibility index (Phi) is 8.52. The predicted octanol–water partition coefficient (Wildman–Crippen LogP) is 6.46. The van der Waals surface area contributed by atoms with Crippen LogP contribution in [0, 0.1) is 5.92 Å². The molecular formula is C31H44N6O4. The molecule has 10 heteroatoms. The molecule has 1 saturated heterocycles. The fraction of sp³-hybridized carbons (Fsp3) is 0.548. The minimum absolute atomic E-state index is 0.0557. The van der Waals surface area contributed by atoms with E-state index in [-0.39, 0.29) is 30.5 Å². The van der Waals surface area contributed by atoms with Crippen molar-refractivity contribution >= 4 is 29.5 Å². The number of aromatic nitrogens is 3. The molecule has 0 bridgehead atoms. The van der Waals surface area contributed by atoms with Gasteiger partial charge in [0.2, 0.25) is 0 Å². The quantitative estimate of drug-likeness (QED) is 0.367. The van der Waals surface area contributed by atoms with Crippen LogP contribution in [-0.2, 0) is 16.0 Å². The van der Waals surface area contributed by atoms with Crippen molar-refractivity contribution < 1.29 is 19.1 Å². The fourth-order valence-electron chi connectivity index (χ4n) is 4.78. The lowest BCUT2D eigenvalue weighted by Gasteiger charge is -2.28. The number of amides is 2. The van der Waals surface area contributed by atoms with Crippen LogP contribution >= 0.6 is 0 Å². The van der Waals surface area contributed by atoms with E-state index in [4.69, 9.17) is 14.5 Å². The van der Waals surface area contributed by atoms with Gasteiger partial charge in [-0.3, -0.25) is 4.90 Å². The van der Waals surface area contributed by atoms with Gasteiger partial charge in [-0.05, 0) is 58.9 Å². The topological polar surface area (TPSA) is 101 Å². The van der Waals surface area contributed by atoms with E-state index >= 15 is 0 Å². The van der Waals surface area contributed by atoms with Gasteiger partial charge in [0.1, 0.15) is 22.8 Å². The highest BCUT2D eigenvalue weighted by Crippen LogP contribution is 2.30. The second kappa shape index (κ2) is 11.6. The average molecular weight is 565 g/mol. The van der Waals surface area contributed by atoms with Gasteiger partial charge < -0.3 is 19.7 Å². The highest BCUT2D eigenvalue weighted by Gasteiger charge is 2.35. The summed E-state index contributed by atoms with van der Waals surface area (Å²) in [4.78, 5) is 34.7. The molecule has 2 amide bonds. The van der Waals surface area contributed by atoms with Crippen LogP contribution < -0.4 is 10.2 Å². The molecule has 2 aromatic heterocycles. The molecule has 0 aliphatic carbocycles. The summed E-state index contributed by atoms with van der Waals surface area (Å²) in [6.45, 7) is 18.8. The summed E-state index contributed by atoms with van der Waals surface area (Å²) in [5.41, 5.74) is 1.33. The first kappa shape index (κ1) is 30.1. The summed E-state index contributed by atoms with van der Waals surface area (Å²) in [6.07, 6.45) is 1.000. The molecule has 1 aliphatic heterocycles. The number of ether oxygens (including phenoxy) is 2. The van der Waals surface area contributed by atoms with Crippen molar-refractivity contribution in [3.05, 3.63) is 53.7 Å². The smallest absolute Gasteiger partial charge is 0.416 e. The zero-order chi connectivity index (χ0) is 30.1. The number of nitrogens with zero attached hydrogens (tertiary/aromatic N) is 5. The van der Waals surface area contributed by atoms with Gasteiger partial charge in [-0.15, -0.1) is 0 Å². The van der Waals surface area contributed by atoms with Gasteiger partial charge in [0, 0.05) is 30.8 Å². The highest BCUT2D eigenvalue weighted by atomic mass is 16.6. The van der Waals surface area contributed by atoms with Gasteiger partial charge in [0.25, 0.3) is 0 Å². The van der Waals surface area contributed by atoms with E-state index in [0.29, 0.717) is 30.4 Å². The van der Waals surface area contributed by atoms with Gasteiger partial charge in [-0.2, -0.15) is 9.61 Å². The van der Waals surface area contributed by atoms with Crippen molar-refractivity contribution in [1.82, 2.24) is 19.5 Å². The third kappa shape index (κ3) is 7.48. The summed E-state index contributed by atoms with van der Waals surface area (Å²) >= 11 is 0. The molecule has 1 N–H and O–H groups in total. The summed E-state index contributed by atoms with van der Waals surface area (Å²) < 4.78 is 13.2. The molecule has 1 aliphatic rings. The van der Waals surface area contributed by atoms with Gasteiger partial charge in [-0.25, -0.2) is 14.6 Å². The normalized spacial score (nSPS) is 17.7. The molecule has 0 spiro atoms. The Hall–Kier alpha value is -3.82. The number of likely N-dealkylation sites (tertiary alicyclic amines) is 1. The molecule has 3 heterocycles. The molecule has 0 unspecified atom stereocenters. The molecule has 0 saturated carbocycles. The Bertz CT molecular complexity index is 1370. The number of anilines is 2. The average Bonchev–Trinajstić information content (AvgIpc) is 3.44. The van der Waals surface area contributed by atoms with Crippen molar-refractivity contribution in [1.29, 1.82) is 0 Å². The number of carbonyl (C=O) groups excluding carboxylic acids is 2. The molecule has 1 aromatic carbocycles. The lowest BCUT2D eigenvalue weighted by Crippen LogP contribution is -2.38. The van der Waals surface area contributed by atoms with E-state index in [0.717, 1.165) is 11.1 Å². The van der Waals surface area contributed by atoms with Gasteiger partial charge >= 0.3 is 12.2 Å². The van der Waals surface area contributed by atoms with E-state index < -0.39 is 17.3 Å². The largest absolute Gasteiger partial charge is 0.444 e. The second-order valence-corrected chi connectivity index (χ2v) is 13.2. The van der Waals surface area contributed by atoms with Crippen molar-refractivity contribution in [2.24, 2.45) is 5.92 Å². The summed E-state index contributed by atoms with van der Waals surface area (Å²) in [5, 5.41) is 8.20. The lowest BCUT2D eigenvalue weighted by atomic mass is 10.1. The fourth-order valence-corrected chi connectivity index (χ4v) is 4.78. The van der Waals surface area contributed by atoms with E-state index in [1.165, 1.54) is 0 Å². The van der Waals surface area contributed by atoms with Crippen molar-refractivity contribution in [2.75, 3.05) is 23.3 Å². The second-order valence-electron chi connectivity index (χ2n) is 13.2. The number of hydrogen-bond acceptors (Lipinski definition) is 7. The third-order valence-corrected chi connectivity index (χ3v) is 6.77. The van der Waals surface area contributed by atoms with E-state index in [9.17, 15) is 9.59 Å². The Morgan fingerprint density at radius 2 is 1.71 bits per heavy atom. The molecule has 41 heavy (non-hydrogen) atoms. The molecule has 1 fully saturated rings. The summed E-state index contributed by atoms with van der Waals surface area (Å²) in [5.74, 6) is 1.46. The molecule has 3 aromatic rings. The number of carbonyl (C=O) groups is 2. The van der Waals surface area contributed by atoms with E-state index in [2.05, 4.69) is 31.2 Å². The number of nitrogens with one attached hydrogen (secondary N) is 1. The molecule has 10 nitrogen and oxygen atoms in total. The Morgan fingerprint density at radius 3 is 2.32 bits per heavy atom. The first-order chi connectivity index (χ1) is 19.1. The van der Waals surface area contributed by atoms with E-state index in [1.807, 2.05) is 77.9 Å². The first-order valence-corrected chi connectivity index (χ1v) is 14.3. The first-order valence-electron chi connectivity index (χ1n) is 14.3. The van der Waals surface area contributed by atoms with Crippen LogP contribution in [0.5, 0.6) is 0 Å². The van der Waals surface area contributed by atoms with Crippen LogP contribution in [0.25, 0.3) is 5.65 Å². The Balaban J connectivity index is 1.73. The molecule has 2 atom stereocenters. The molecule has 0 radical (unpaired) electrons. The zero-order valence-corrected chi connectivity index (χ0v) is 25.8. The van der Waals surface area contributed by atoms with Crippen LogP contribution in [0.4, 0.5) is 21.2 Å². The van der Waals surface area contributed by atoms with Crippen molar-refractivity contribution in [3.8, 4) is 0 Å². The monoisotopic (exact) mass is 564 g/mol. The molecule has 222 valence electrons. The number of fused-ring (bicyclic) bond motifs is 1. The van der Waals surface area contributed by atoms with Gasteiger partial charge in [-0.1, -0.05) is 51.1 Å². The lowest BCUT2D eigenvalue weighted by molar-refractivity contribution is 0.0288. The molecular weight excluding hydrogens is 520 g/mol. The SMILES string of the molecule is CC(C)c1cnn2c(N(Cc3ccccc3)C(=O)OC(C)(C)C)cc(N[C@H]3CN(C(=O)OC(C)(C)C)C[C@H]3C)nc12. The van der Waals surface area contributed by atoms with Gasteiger partial charge in [0.15, 0.2) is 5.65 Å². The van der Waals surface area contributed by atoms with E-state index in [1.54, 1.807) is 20.5 Å². The Labute approximate surface area is 243 Å². The minimum Gasteiger partial charge on any atom is -0.444 e. The van der Waals surface area contributed by atoms with Crippen LogP contribution in [0.1, 0.15) is 79.4 Å². The highest BCUT2D eigenvalue weighted by molar-refractivity contribution is 5.88. The van der Waals surface area contributed by atoms with Gasteiger partial charge in [0.05, 0.1) is 12.7 Å². The maximum absolute atomic E-state index is 13.7. The summed E-state index contributed by atoms with van der Waals surface area (Å²) in [6, 6.07) is 11.6. The van der Waals surface area contributed by atoms with Crippen LogP contribution in [0.2, 0.25) is 0 Å². The van der Waals surface area contributed by atoms with Crippen molar-refractivity contribution in [2.45, 2.75) is 92.0 Å². The molecule has 4 rings (SSSR count). The number of hydrogen-bond donors (Lipinski definition) is 1. The number of rotatable bonds is 6. The maximum Gasteiger partial charge on any atom is 0.416 e. The van der Waals surface area contributed by atoms with Crippen LogP contribution in [-0.4, -0.2) is 62.0 Å². The maximum atomic E-state index is 13.7. The number of benzene rings is 1. The third-order valence-electron chi connectivity index (χ3n) is 6.77. The Morgan fingerprint density at radius 1 is 1.05 bits per heavy atom. The predicted molar refractivity (Wildman–Crippen MR) is 160 cm³/mol. The van der Waals surface area contributed by atoms with Crippen LogP contribution in [0.3, 0.4) is 0 Å².